The third kappa shape index (κ3) is 8.15. The Morgan fingerprint density at radius 2 is 1.81 bits per heavy atom. The van der Waals surface area contributed by atoms with Crippen molar-refractivity contribution in [2.75, 3.05) is 24.8 Å². The van der Waals surface area contributed by atoms with Gasteiger partial charge >= 0.3 is 11.9 Å². The molecule has 2 rings (SSSR count). The molecule has 31 heavy (non-hydrogen) atoms. The zero-order valence-corrected chi connectivity index (χ0v) is 19.8. The molecule has 1 atom stereocenters. The second-order valence-corrected chi connectivity index (χ2v) is 8.21. The lowest BCUT2D eigenvalue weighted by molar-refractivity contribution is -0.143. The first kappa shape index (κ1) is 24.6. The topological polar surface area (TPSA) is 73.9 Å². The molecule has 8 heteroatoms. The van der Waals surface area contributed by atoms with E-state index in [1.807, 2.05) is 30.5 Å². The van der Waals surface area contributed by atoms with Crippen LogP contribution in [0.2, 0.25) is 0 Å². The molecule has 0 aromatic heterocycles. The van der Waals surface area contributed by atoms with Crippen LogP contribution >= 0.6 is 27.7 Å². The fraction of sp³-hybridized carbons (Fsp3) is 0.217. The van der Waals surface area contributed by atoms with Gasteiger partial charge in [-0.3, -0.25) is 0 Å². The standard InChI is InChI=1S/C23H24BrNO5S/c1-15(2)22(26)28-13-18(14-29-23(27)20-10-5-6-11-21(20)24)30-16(3)25-17-8-7-9-19(12-17)31-4/h5-12,18,25H,1,3,13-14H2,2,4H3. The molecular weight excluding hydrogens is 482 g/mol. The fourth-order valence-corrected chi connectivity index (χ4v) is 3.28. The van der Waals surface area contributed by atoms with Gasteiger partial charge < -0.3 is 19.5 Å². The van der Waals surface area contributed by atoms with Gasteiger partial charge in [0.15, 0.2) is 12.0 Å². The van der Waals surface area contributed by atoms with Gasteiger partial charge in [-0.15, -0.1) is 11.8 Å². The molecule has 164 valence electrons. The van der Waals surface area contributed by atoms with Crippen LogP contribution in [0.3, 0.4) is 0 Å². The Kier molecular flexibility index (Phi) is 9.68. The zero-order chi connectivity index (χ0) is 22.8. The van der Waals surface area contributed by atoms with Crippen LogP contribution in [0.1, 0.15) is 17.3 Å². The normalized spacial score (nSPS) is 11.2. The Balaban J connectivity index is 2.01. The first-order valence-corrected chi connectivity index (χ1v) is 11.3. The number of carbonyl (C=O) groups excluding carboxylic acids is 2. The van der Waals surface area contributed by atoms with Gasteiger partial charge in [0, 0.05) is 20.6 Å². The molecule has 0 aliphatic heterocycles. The third-order valence-electron chi connectivity index (χ3n) is 3.91. The van der Waals surface area contributed by atoms with Gasteiger partial charge in [-0.25, -0.2) is 9.59 Å². The quantitative estimate of drug-likeness (QED) is 0.189. The molecule has 6 nitrogen and oxygen atoms in total. The van der Waals surface area contributed by atoms with Crippen molar-refractivity contribution in [3.63, 3.8) is 0 Å². The molecule has 1 N–H and O–H groups in total. The highest BCUT2D eigenvalue weighted by Crippen LogP contribution is 2.21. The van der Waals surface area contributed by atoms with E-state index >= 15 is 0 Å². The Labute approximate surface area is 194 Å². The lowest BCUT2D eigenvalue weighted by Crippen LogP contribution is -2.29. The number of anilines is 1. The zero-order valence-electron chi connectivity index (χ0n) is 17.4. The van der Waals surface area contributed by atoms with Crippen LogP contribution in [-0.4, -0.2) is 37.5 Å². The van der Waals surface area contributed by atoms with E-state index in [1.165, 1.54) is 0 Å². The average molecular weight is 506 g/mol. The van der Waals surface area contributed by atoms with E-state index < -0.39 is 18.0 Å². The maximum Gasteiger partial charge on any atom is 0.339 e. The number of rotatable bonds is 11. The summed E-state index contributed by atoms with van der Waals surface area (Å²) in [4.78, 5) is 25.2. The molecule has 0 fully saturated rings. The number of carbonyl (C=O) groups is 2. The minimum Gasteiger partial charge on any atom is -0.469 e. The van der Waals surface area contributed by atoms with E-state index in [0.717, 1.165) is 10.6 Å². The number of ether oxygens (including phenoxy) is 3. The van der Waals surface area contributed by atoms with E-state index in [-0.39, 0.29) is 24.7 Å². The molecule has 0 radical (unpaired) electrons. The number of thioether (sulfide) groups is 1. The lowest BCUT2D eigenvalue weighted by Gasteiger charge is -2.21. The van der Waals surface area contributed by atoms with Gasteiger partial charge in [-0.1, -0.05) is 24.8 Å². The maximum atomic E-state index is 12.4. The first-order valence-electron chi connectivity index (χ1n) is 9.31. The molecule has 0 bridgehead atoms. The van der Waals surface area contributed by atoms with Crippen LogP contribution in [-0.2, 0) is 19.0 Å². The summed E-state index contributed by atoms with van der Waals surface area (Å²) in [5.74, 6) is -0.859. The molecule has 0 spiro atoms. The minimum absolute atomic E-state index is 0.138. The molecule has 0 aliphatic rings. The maximum absolute atomic E-state index is 12.4. The predicted octanol–water partition coefficient (Wildman–Crippen LogP) is 5.42. The van der Waals surface area contributed by atoms with Crippen molar-refractivity contribution in [3.05, 3.63) is 83.2 Å². The molecule has 0 aliphatic carbocycles. The summed E-state index contributed by atoms with van der Waals surface area (Å²) >= 11 is 4.93. The number of hydrogen-bond donors (Lipinski definition) is 1. The first-order chi connectivity index (χ1) is 14.8. The summed E-state index contributed by atoms with van der Waals surface area (Å²) in [6.07, 6.45) is 1.22. The van der Waals surface area contributed by atoms with Gasteiger partial charge in [0.05, 0.1) is 5.56 Å². The summed E-state index contributed by atoms with van der Waals surface area (Å²) in [6, 6.07) is 14.6. The van der Waals surface area contributed by atoms with Gasteiger partial charge in [-0.05, 0) is 66.0 Å². The molecule has 0 amide bonds. The summed E-state index contributed by atoms with van der Waals surface area (Å²) in [5, 5.41) is 3.05. The molecular formula is C23H24BrNO5S. The van der Waals surface area contributed by atoms with Crippen molar-refractivity contribution in [1.82, 2.24) is 0 Å². The summed E-state index contributed by atoms with van der Waals surface area (Å²) in [5.41, 5.74) is 1.43. The van der Waals surface area contributed by atoms with Gasteiger partial charge in [0.2, 0.25) is 0 Å². The van der Waals surface area contributed by atoms with Crippen LogP contribution in [0.25, 0.3) is 0 Å². The molecule has 0 saturated carbocycles. The Morgan fingerprint density at radius 1 is 1.10 bits per heavy atom. The SMILES string of the molecule is C=C(Nc1cccc(SC)c1)OC(COC(=O)C(=C)C)COC(=O)c1ccccc1Br. The number of nitrogens with one attached hydrogen (secondary N) is 1. The largest absolute Gasteiger partial charge is 0.469 e. The van der Waals surface area contributed by atoms with Crippen molar-refractivity contribution in [2.24, 2.45) is 0 Å². The third-order valence-corrected chi connectivity index (χ3v) is 5.32. The molecule has 1 unspecified atom stereocenters. The molecule has 0 saturated heterocycles. The molecule has 2 aromatic carbocycles. The predicted molar refractivity (Wildman–Crippen MR) is 126 cm³/mol. The Morgan fingerprint density at radius 3 is 2.48 bits per heavy atom. The number of halogens is 1. The van der Waals surface area contributed by atoms with E-state index in [0.29, 0.717) is 10.0 Å². The van der Waals surface area contributed by atoms with Crippen molar-refractivity contribution in [3.8, 4) is 0 Å². The molecule has 2 aromatic rings. The second kappa shape index (κ2) is 12.2. The van der Waals surface area contributed by atoms with Crippen LogP contribution < -0.4 is 5.32 Å². The van der Waals surface area contributed by atoms with Gasteiger partial charge in [0.25, 0.3) is 0 Å². The highest BCUT2D eigenvalue weighted by molar-refractivity contribution is 9.10. The van der Waals surface area contributed by atoms with E-state index in [2.05, 4.69) is 34.4 Å². The van der Waals surface area contributed by atoms with Crippen LogP contribution in [0.4, 0.5) is 5.69 Å². The average Bonchev–Trinajstić information content (AvgIpc) is 2.75. The Bertz CT molecular complexity index is 962. The van der Waals surface area contributed by atoms with E-state index in [4.69, 9.17) is 14.2 Å². The summed E-state index contributed by atoms with van der Waals surface area (Å²) < 4.78 is 16.9. The van der Waals surface area contributed by atoms with Crippen LogP contribution in [0, 0.1) is 0 Å². The second-order valence-electron chi connectivity index (χ2n) is 6.48. The summed E-state index contributed by atoms with van der Waals surface area (Å²) in [6.45, 7) is 8.68. The minimum atomic E-state index is -0.765. The van der Waals surface area contributed by atoms with E-state index in [1.54, 1.807) is 43.0 Å². The van der Waals surface area contributed by atoms with Gasteiger partial charge in [-0.2, -0.15) is 0 Å². The summed E-state index contributed by atoms with van der Waals surface area (Å²) in [7, 11) is 0. The molecule has 0 heterocycles. The monoisotopic (exact) mass is 505 g/mol. The van der Waals surface area contributed by atoms with Crippen molar-refractivity contribution >= 4 is 45.3 Å². The fourth-order valence-electron chi connectivity index (χ4n) is 2.37. The van der Waals surface area contributed by atoms with Crippen LogP contribution in [0.15, 0.2) is 82.5 Å². The number of esters is 2. The highest BCUT2D eigenvalue weighted by Gasteiger charge is 2.19. The van der Waals surface area contributed by atoms with Crippen LogP contribution in [0.5, 0.6) is 0 Å². The van der Waals surface area contributed by atoms with Crippen molar-refractivity contribution in [1.29, 1.82) is 0 Å². The Hall–Kier alpha value is -2.71. The van der Waals surface area contributed by atoms with Gasteiger partial charge in [0.1, 0.15) is 13.2 Å². The number of hydrogen-bond acceptors (Lipinski definition) is 7. The van der Waals surface area contributed by atoms with Crippen molar-refractivity contribution < 1.29 is 23.8 Å². The highest BCUT2D eigenvalue weighted by atomic mass is 79.9. The lowest BCUT2D eigenvalue weighted by atomic mass is 10.2. The smallest absolute Gasteiger partial charge is 0.339 e. The number of benzene rings is 2. The van der Waals surface area contributed by atoms with E-state index in [9.17, 15) is 9.59 Å². The van der Waals surface area contributed by atoms with Crippen molar-refractivity contribution in [2.45, 2.75) is 17.9 Å².